The minimum Gasteiger partial charge on any atom is -0.326 e. The van der Waals surface area contributed by atoms with Crippen LogP contribution in [0.15, 0.2) is 14.7 Å². The normalized spacial score (nSPS) is 12.8. The molecule has 0 aromatic carbocycles. The largest absolute Gasteiger partial charge is 0.326 e. The highest BCUT2D eigenvalue weighted by Gasteiger charge is 2.29. The Morgan fingerprint density at radius 1 is 1.25 bits per heavy atom. The maximum Gasteiger partial charge on any atom is 0.245 e. The lowest BCUT2D eigenvalue weighted by Crippen LogP contribution is -2.37. The molecule has 0 aliphatic rings. The van der Waals surface area contributed by atoms with E-state index in [1.54, 1.807) is 10.4 Å². The first-order chi connectivity index (χ1) is 9.18. The second-order valence-electron chi connectivity index (χ2n) is 5.66. The molecule has 0 atom stereocenters. The van der Waals surface area contributed by atoms with Crippen molar-refractivity contribution < 1.29 is 8.42 Å². The van der Waals surface area contributed by atoms with E-state index in [0.29, 0.717) is 28.3 Å². The van der Waals surface area contributed by atoms with Gasteiger partial charge in [0.25, 0.3) is 0 Å². The third-order valence-electron chi connectivity index (χ3n) is 2.66. The first kappa shape index (κ1) is 18.1. The molecule has 0 amide bonds. The molecule has 0 unspecified atom stereocenters. The van der Waals surface area contributed by atoms with Crippen molar-refractivity contribution in [1.82, 2.24) is 4.31 Å². The maximum atomic E-state index is 12.8. The lowest BCUT2D eigenvalue weighted by Gasteiger charge is -2.25. The number of hydrogen-bond acceptors (Lipinski definition) is 4. The van der Waals surface area contributed by atoms with Crippen LogP contribution >= 0.6 is 27.3 Å². The Balaban J connectivity index is 3.17. The average molecular weight is 383 g/mol. The van der Waals surface area contributed by atoms with Crippen LogP contribution in [0.2, 0.25) is 0 Å². The van der Waals surface area contributed by atoms with E-state index >= 15 is 0 Å². The van der Waals surface area contributed by atoms with Crippen molar-refractivity contribution in [2.75, 3.05) is 13.1 Å². The van der Waals surface area contributed by atoms with E-state index in [2.05, 4.69) is 15.9 Å². The summed E-state index contributed by atoms with van der Waals surface area (Å²) in [7, 11) is -3.47. The summed E-state index contributed by atoms with van der Waals surface area (Å²) in [6.07, 6.45) is 0. The van der Waals surface area contributed by atoms with Gasteiger partial charge in [-0.3, -0.25) is 0 Å². The molecule has 4 nitrogen and oxygen atoms in total. The molecule has 1 rings (SSSR count). The highest BCUT2D eigenvalue weighted by molar-refractivity contribution is 9.11. The number of nitrogens with two attached hydrogens (primary N) is 1. The molecule has 0 saturated carbocycles. The first-order valence-corrected chi connectivity index (χ1v) is 9.71. The summed E-state index contributed by atoms with van der Waals surface area (Å²) in [5, 5.41) is 0. The molecule has 0 aliphatic carbocycles. The van der Waals surface area contributed by atoms with E-state index in [9.17, 15) is 8.42 Å². The summed E-state index contributed by atoms with van der Waals surface area (Å²) < 4.78 is 27.8. The zero-order chi connectivity index (χ0) is 15.5. The maximum absolute atomic E-state index is 12.8. The number of thiophene rings is 1. The van der Waals surface area contributed by atoms with Crippen molar-refractivity contribution in [3.8, 4) is 0 Å². The second kappa shape index (κ2) is 7.35. The molecule has 0 radical (unpaired) electrons. The average Bonchev–Trinajstić information content (AvgIpc) is 2.69. The van der Waals surface area contributed by atoms with Gasteiger partial charge in [0.05, 0.1) is 3.79 Å². The minimum absolute atomic E-state index is 0.287. The van der Waals surface area contributed by atoms with Gasteiger partial charge in [-0.05, 0) is 33.8 Å². The molecule has 1 aromatic rings. The third-order valence-corrected chi connectivity index (χ3v) is 6.77. The van der Waals surface area contributed by atoms with Gasteiger partial charge in [0.15, 0.2) is 0 Å². The quantitative estimate of drug-likeness (QED) is 0.786. The van der Waals surface area contributed by atoms with Gasteiger partial charge in [0.1, 0.15) is 4.90 Å². The van der Waals surface area contributed by atoms with Crippen LogP contribution in [0.4, 0.5) is 0 Å². The van der Waals surface area contributed by atoms with Gasteiger partial charge in [0, 0.05) is 24.5 Å². The van der Waals surface area contributed by atoms with Crippen LogP contribution in [0.25, 0.3) is 0 Å². The van der Waals surface area contributed by atoms with Gasteiger partial charge in [0.2, 0.25) is 10.0 Å². The van der Waals surface area contributed by atoms with Gasteiger partial charge < -0.3 is 5.73 Å². The molecule has 2 N–H and O–H groups in total. The summed E-state index contributed by atoms with van der Waals surface area (Å²) >= 11 is 4.73. The fourth-order valence-electron chi connectivity index (χ4n) is 1.90. The highest BCUT2D eigenvalue weighted by atomic mass is 79.9. The molecule has 0 fully saturated rings. The molecule has 20 heavy (non-hydrogen) atoms. The standard InChI is InChI=1S/C13H23BrN2O2S2/c1-9(2)7-16(8-10(3)4)20(17,18)12-5-11(6-15)19-13(12)14/h5,9-10H,6-8,15H2,1-4H3. The van der Waals surface area contributed by atoms with Crippen molar-refractivity contribution in [2.24, 2.45) is 17.6 Å². The van der Waals surface area contributed by atoms with E-state index < -0.39 is 10.0 Å². The van der Waals surface area contributed by atoms with E-state index in [0.717, 1.165) is 4.88 Å². The van der Waals surface area contributed by atoms with E-state index in [1.165, 1.54) is 11.3 Å². The van der Waals surface area contributed by atoms with Crippen molar-refractivity contribution in [1.29, 1.82) is 0 Å². The zero-order valence-corrected chi connectivity index (χ0v) is 15.6. The number of sulfonamides is 1. The molecule has 1 aromatic heterocycles. The van der Waals surface area contributed by atoms with Gasteiger partial charge in [-0.15, -0.1) is 11.3 Å². The Hall–Kier alpha value is 0.0500. The van der Waals surface area contributed by atoms with Crippen LogP contribution in [-0.4, -0.2) is 25.8 Å². The number of rotatable bonds is 7. The van der Waals surface area contributed by atoms with Crippen LogP contribution in [0.5, 0.6) is 0 Å². The summed E-state index contributed by atoms with van der Waals surface area (Å²) in [6, 6.07) is 1.68. The van der Waals surface area contributed by atoms with Crippen LogP contribution in [0.1, 0.15) is 32.6 Å². The van der Waals surface area contributed by atoms with Crippen molar-refractivity contribution in [2.45, 2.75) is 39.1 Å². The van der Waals surface area contributed by atoms with Crippen LogP contribution < -0.4 is 5.73 Å². The van der Waals surface area contributed by atoms with Gasteiger partial charge in [-0.25, -0.2) is 8.42 Å². The molecule has 0 saturated heterocycles. The fourth-order valence-corrected chi connectivity index (χ4v) is 6.18. The minimum atomic E-state index is -3.47. The van der Waals surface area contributed by atoms with E-state index in [1.807, 2.05) is 27.7 Å². The smallest absolute Gasteiger partial charge is 0.245 e. The van der Waals surface area contributed by atoms with Gasteiger partial charge in [-0.2, -0.15) is 4.31 Å². The van der Waals surface area contributed by atoms with Crippen LogP contribution in [0, 0.1) is 11.8 Å². The Morgan fingerprint density at radius 2 is 1.75 bits per heavy atom. The molecule has 116 valence electrons. The number of nitrogens with zero attached hydrogens (tertiary/aromatic N) is 1. The Kier molecular flexibility index (Phi) is 6.66. The molecule has 1 heterocycles. The number of hydrogen-bond donors (Lipinski definition) is 1. The summed E-state index contributed by atoms with van der Waals surface area (Å²) in [5.74, 6) is 0.574. The van der Waals surface area contributed by atoms with Crippen molar-refractivity contribution >= 4 is 37.3 Å². The molecular weight excluding hydrogens is 360 g/mol. The predicted octanol–water partition coefficient (Wildman–Crippen LogP) is 3.27. The summed E-state index contributed by atoms with van der Waals surface area (Å²) in [6.45, 7) is 9.51. The Labute approximate surface area is 134 Å². The molecule has 0 bridgehead atoms. The Morgan fingerprint density at radius 3 is 2.10 bits per heavy atom. The first-order valence-electron chi connectivity index (χ1n) is 6.66. The zero-order valence-electron chi connectivity index (χ0n) is 12.4. The fraction of sp³-hybridized carbons (Fsp3) is 0.692. The van der Waals surface area contributed by atoms with Crippen LogP contribution in [0.3, 0.4) is 0 Å². The topological polar surface area (TPSA) is 63.4 Å². The second-order valence-corrected chi connectivity index (χ2v) is 10.0. The molecule has 7 heteroatoms. The molecular formula is C13H23BrN2O2S2. The summed E-state index contributed by atoms with van der Waals surface area (Å²) in [4.78, 5) is 1.20. The monoisotopic (exact) mass is 382 g/mol. The lowest BCUT2D eigenvalue weighted by molar-refractivity contribution is 0.333. The SMILES string of the molecule is CC(C)CN(CC(C)C)S(=O)(=O)c1cc(CN)sc1Br. The summed E-state index contributed by atoms with van der Waals surface area (Å²) in [5.41, 5.74) is 5.59. The molecule has 0 aliphatic heterocycles. The molecule has 0 spiro atoms. The highest BCUT2D eigenvalue weighted by Crippen LogP contribution is 2.33. The van der Waals surface area contributed by atoms with E-state index in [4.69, 9.17) is 5.73 Å². The van der Waals surface area contributed by atoms with Crippen molar-refractivity contribution in [3.05, 3.63) is 14.7 Å². The van der Waals surface area contributed by atoms with E-state index in [-0.39, 0.29) is 11.8 Å². The number of halogens is 1. The lowest BCUT2D eigenvalue weighted by atomic mass is 10.2. The van der Waals surface area contributed by atoms with Crippen LogP contribution in [-0.2, 0) is 16.6 Å². The van der Waals surface area contributed by atoms with Crippen molar-refractivity contribution in [3.63, 3.8) is 0 Å². The Bertz CT molecular complexity index is 529. The predicted molar refractivity (Wildman–Crippen MR) is 88.3 cm³/mol. The van der Waals surface area contributed by atoms with Gasteiger partial charge >= 0.3 is 0 Å². The van der Waals surface area contributed by atoms with Gasteiger partial charge in [-0.1, -0.05) is 27.7 Å². The third kappa shape index (κ3) is 4.53.